The minimum absolute atomic E-state index is 0.179. The number of aromatic nitrogens is 3. The highest BCUT2D eigenvalue weighted by Crippen LogP contribution is 2.35. The van der Waals surface area contributed by atoms with Crippen LogP contribution in [-0.4, -0.2) is 26.7 Å². The fourth-order valence-corrected chi connectivity index (χ4v) is 3.10. The summed E-state index contributed by atoms with van der Waals surface area (Å²) in [7, 11) is 0. The summed E-state index contributed by atoms with van der Waals surface area (Å²) in [6.45, 7) is 0. The van der Waals surface area contributed by atoms with Crippen molar-refractivity contribution in [3.63, 3.8) is 0 Å². The molecule has 1 aliphatic rings. The summed E-state index contributed by atoms with van der Waals surface area (Å²) in [6.07, 6.45) is -0.262. The molecule has 5 rings (SSSR count). The van der Waals surface area contributed by atoms with Crippen molar-refractivity contribution in [2.75, 3.05) is 0 Å². The van der Waals surface area contributed by atoms with Gasteiger partial charge in [-0.1, -0.05) is 54.6 Å². The molecule has 1 heterocycles. The first kappa shape index (κ1) is 15.8. The summed E-state index contributed by atoms with van der Waals surface area (Å²) in [5.74, 6) is 0.179. The molecule has 1 aromatic heterocycles. The van der Waals surface area contributed by atoms with Crippen LogP contribution in [0, 0.1) is 0 Å². The predicted octanol–water partition coefficient (Wildman–Crippen LogP) is 4.27. The quantitative estimate of drug-likeness (QED) is 0.350. The molecule has 0 aliphatic heterocycles. The van der Waals surface area contributed by atoms with Gasteiger partial charge in [0.15, 0.2) is 11.3 Å². The Kier molecular flexibility index (Phi) is 4.07. The monoisotopic (exact) mass is 345 g/mol. The normalized spacial score (nSPS) is 11.2. The molecule has 1 aliphatic carbocycles. The molecule has 26 heavy (non-hydrogen) atoms. The SMILES string of the molecule is O=C(O)Oc1cccc2n[nH]nc12.c1ccc2c(c1)Cc1ccccc1-2. The number of benzene rings is 3. The third-order valence-electron chi connectivity index (χ3n) is 4.21. The molecule has 0 saturated carbocycles. The Bertz CT molecular complexity index is 1040. The average molecular weight is 345 g/mol. The highest BCUT2D eigenvalue weighted by Gasteiger charge is 2.15. The predicted molar refractivity (Wildman–Crippen MR) is 97.2 cm³/mol. The van der Waals surface area contributed by atoms with Gasteiger partial charge in [-0.15, -0.1) is 0 Å². The first-order valence-corrected chi connectivity index (χ1v) is 8.09. The number of nitrogens with one attached hydrogen (secondary N) is 1. The smallest absolute Gasteiger partial charge is 0.449 e. The molecule has 3 aromatic carbocycles. The van der Waals surface area contributed by atoms with E-state index < -0.39 is 6.16 Å². The minimum Gasteiger partial charge on any atom is -0.449 e. The number of fused-ring (bicyclic) bond motifs is 4. The Balaban J connectivity index is 0.000000129. The summed E-state index contributed by atoms with van der Waals surface area (Å²) in [5, 5.41) is 18.3. The van der Waals surface area contributed by atoms with Crippen molar-refractivity contribution in [3.8, 4) is 16.9 Å². The lowest BCUT2D eigenvalue weighted by molar-refractivity contribution is 0.145. The van der Waals surface area contributed by atoms with Crippen LogP contribution in [0.25, 0.3) is 22.2 Å². The molecule has 0 atom stereocenters. The van der Waals surface area contributed by atoms with Crippen molar-refractivity contribution in [1.82, 2.24) is 15.4 Å². The Morgan fingerprint density at radius 3 is 2.19 bits per heavy atom. The van der Waals surface area contributed by atoms with Crippen LogP contribution in [0.4, 0.5) is 4.79 Å². The van der Waals surface area contributed by atoms with Crippen LogP contribution in [0.1, 0.15) is 11.1 Å². The zero-order valence-corrected chi connectivity index (χ0v) is 13.7. The van der Waals surface area contributed by atoms with Crippen LogP contribution in [-0.2, 0) is 6.42 Å². The van der Waals surface area contributed by atoms with Gasteiger partial charge in [0, 0.05) is 0 Å². The molecule has 0 radical (unpaired) electrons. The van der Waals surface area contributed by atoms with Crippen molar-refractivity contribution in [1.29, 1.82) is 0 Å². The maximum absolute atomic E-state index is 10.3. The molecule has 6 nitrogen and oxygen atoms in total. The minimum atomic E-state index is -1.37. The Morgan fingerprint density at radius 1 is 0.885 bits per heavy atom. The molecule has 0 spiro atoms. The summed E-state index contributed by atoms with van der Waals surface area (Å²) < 4.78 is 4.48. The fraction of sp³-hybridized carbons (Fsp3) is 0.0500. The summed E-state index contributed by atoms with van der Waals surface area (Å²) in [4.78, 5) is 10.3. The van der Waals surface area contributed by atoms with Gasteiger partial charge < -0.3 is 9.84 Å². The molecular weight excluding hydrogens is 330 g/mol. The highest BCUT2D eigenvalue weighted by atomic mass is 16.7. The van der Waals surface area contributed by atoms with Gasteiger partial charge in [0.25, 0.3) is 0 Å². The second-order valence-electron chi connectivity index (χ2n) is 5.81. The molecule has 0 saturated heterocycles. The van der Waals surface area contributed by atoms with Crippen molar-refractivity contribution >= 4 is 17.2 Å². The van der Waals surface area contributed by atoms with Crippen LogP contribution < -0.4 is 4.74 Å². The number of rotatable bonds is 1. The first-order valence-electron chi connectivity index (χ1n) is 8.09. The summed E-state index contributed by atoms with van der Waals surface area (Å²) in [5.41, 5.74) is 6.73. The molecule has 0 unspecified atom stereocenters. The van der Waals surface area contributed by atoms with Crippen molar-refractivity contribution in [3.05, 3.63) is 77.9 Å². The molecule has 4 aromatic rings. The van der Waals surface area contributed by atoms with Gasteiger partial charge in [-0.25, -0.2) is 4.79 Å². The lowest BCUT2D eigenvalue weighted by atomic mass is 10.1. The third-order valence-corrected chi connectivity index (χ3v) is 4.21. The number of nitrogens with zero attached hydrogens (tertiary/aromatic N) is 2. The van der Waals surface area contributed by atoms with Gasteiger partial charge in [0.2, 0.25) is 0 Å². The standard InChI is InChI=1S/C13H10.C7H5N3O3/c1-3-7-12-10(5-1)9-11-6-2-4-8-13(11)12;11-7(12)13-5-3-1-2-4-6(5)9-10-8-4/h1-8H,9H2;1-3H,(H,11,12)(H,8,9,10). The largest absolute Gasteiger partial charge is 0.511 e. The molecule has 2 N–H and O–H groups in total. The van der Waals surface area contributed by atoms with Crippen molar-refractivity contribution in [2.24, 2.45) is 0 Å². The number of hydrogen-bond acceptors (Lipinski definition) is 4. The highest BCUT2D eigenvalue weighted by molar-refractivity contribution is 5.82. The topological polar surface area (TPSA) is 88.1 Å². The van der Waals surface area contributed by atoms with Crippen LogP contribution >= 0.6 is 0 Å². The number of hydrogen-bond donors (Lipinski definition) is 2. The van der Waals surface area contributed by atoms with E-state index in [2.05, 4.69) is 68.7 Å². The second-order valence-corrected chi connectivity index (χ2v) is 5.81. The Hall–Kier alpha value is -3.67. The van der Waals surface area contributed by atoms with Crippen molar-refractivity contribution < 1.29 is 14.6 Å². The number of para-hydroxylation sites is 1. The van der Waals surface area contributed by atoms with Gasteiger partial charge >= 0.3 is 6.16 Å². The van der Waals surface area contributed by atoms with E-state index >= 15 is 0 Å². The number of ether oxygens (including phenoxy) is 1. The summed E-state index contributed by atoms with van der Waals surface area (Å²) in [6, 6.07) is 22.2. The van der Waals surface area contributed by atoms with E-state index in [1.54, 1.807) is 12.1 Å². The summed E-state index contributed by atoms with van der Waals surface area (Å²) >= 11 is 0. The maximum atomic E-state index is 10.3. The number of H-pyrrole nitrogens is 1. The molecule has 128 valence electrons. The van der Waals surface area contributed by atoms with Gasteiger partial charge in [0.1, 0.15) is 5.52 Å². The fourth-order valence-electron chi connectivity index (χ4n) is 3.10. The molecule has 6 heteroatoms. The van der Waals surface area contributed by atoms with E-state index in [1.165, 1.54) is 28.3 Å². The first-order chi connectivity index (χ1) is 12.7. The van der Waals surface area contributed by atoms with Crippen molar-refractivity contribution in [2.45, 2.75) is 6.42 Å². The van der Waals surface area contributed by atoms with Crippen LogP contribution in [0.5, 0.6) is 5.75 Å². The number of aromatic amines is 1. The van der Waals surface area contributed by atoms with E-state index in [0.717, 1.165) is 6.42 Å². The molecule has 0 fully saturated rings. The molecule has 0 amide bonds. The zero-order valence-electron chi connectivity index (χ0n) is 13.7. The lowest BCUT2D eigenvalue weighted by Gasteiger charge is -1.98. The van der Waals surface area contributed by atoms with E-state index in [-0.39, 0.29) is 5.75 Å². The Morgan fingerprint density at radius 2 is 1.54 bits per heavy atom. The van der Waals surface area contributed by atoms with Crippen LogP contribution in [0.15, 0.2) is 66.7 Å². The third kappa shape index (κ3) is 3.00. The zero-order chi connectivity index (χ0) is 17.9. The number of carbonyl (C=O) groups is 1. The average Bonchev–Trinajstić information content (AvgIpc) is 3.27. The number of carboxylic acid groups (broad SMARTS) is 1. The van der Waals surface area contributed by atoms with E-state index in [9.17, 15) is 4.79 Å². The van der Waals surface area contributed by atoms with Gasteiger partial charge in [-0.2, -0.15) is 15.4 Å². The van der Waals surface area contributed by atoms with E-state index in [4.69, 9.17) is 5.11 Å². The lowest BCUT2D eigenvalue weighted by Crippen LogP contribution is -2.03. The van der Waals surface area contributed by atoms with Crippen LogP contribution in [0.3, 0.4) is 0 Å². The molecular formula is C20H15N3O3. The van der Waals surface area contributed by atoms with E-state index in [1.807, 2.05) is 0 Å². The Labute approximate surface area is 149 Å². The van der Waals surface area contributed by atoms with Gasteiger partial charge in [-0.3, -0.25) is 0 Å². The van der Waals surface area contributed by atoms with Gasteiger partial charge in [-0.05, 0) is 40.8 Å². The molecule has 0 bridgehead atoms. The maximum Gasteiger partial charge on any atom is 0.511 e. The second kappa shape index (κ2) is 6.68. The van der Waals surface area contributed by atoms with E-state index in [0.29, 0.717) is 11.0 Å². The van der Waals surface area contributed by atoms with Crippen LogP contribution in [0.2, 0.25) is 0 Å². The van der Waals surface area contributed by atoms with Gasteiger partial charge in [0.05, 0.1) is 0 Å².